The van der Waals surface area contributed by atoms with Crippen LogP contribution in [0.5, 0.6) is 28.7 Å². The van der Waals surface area contributed by atoms with E-state index in [2.05, 4.69) is 0 Å². The first-order valence-electron chi connectivity index (χ1n) is 8.01. The highest BCUT2D eigenvalue weighted by atomic mass is 16.6. The lowest BCUT2D eigenvalue weighted by molar-refractivity contribution is -0.385. The first-order chi connectivity index (χ1) is 13.9. The van der Waals surface area contributed by atoms with Crippen molar-refractivity contribution in [3.8, 4) is 28.7 Å². The van der Waals surface area contributed by atoms with E-state index in [0.717, 1.165) is 13.2 Å². The Balaban J connectivity index is 2.35. The van der Waals surface area contributed by atoms with Gasteiger partial charge in [0.05, 0.1) is 33.4 Å². The van der Waals surface area contributed by atoms with Gasteiger partial charge in [0, 0.05) is 6.07 Å². The molecule has 29 heavy (non-hydrogen) atoms. The van der Waals surface area contributed by atoms with E-state index in [9.17, 15) is 19.7 Å². The van der Waals surface area contributed by atoms with Gasteiger partial charge in [-0.3, -0.25) is 20.2 Å². The number of carbonyl (C=O) groups excluding carboxylic acids is 2. The Bertz CT molecular complexity index is 921. The van der Waals surface area contributed by atoms with Crippen molar-refractivity contribution < 1.29 is 38.2 Å². The molecule has 2 aromatic carbocycles. The first kappa shape index (κ1) is 21.3. The monoisotopic (exact) mass is 406 g/mol. The Morgan fingerprint density at radius 2 is 1.45 bits per heavy atom. The summed E-state index contributed by atoms with van der Waals surface area (Å²) >= 11 is 0. The molecule has 154 valence electrons. The van der Waals surface area contributed by atoms with E-state index in [1.54, 1.807) is 6.07 Å². The van der Waals surface area contributed by atoms with Crippen LogP contribution in [0.4, 0.5) is 10.5 Å². The summed E-state index contributed by atoms with van der Waals surface area (Å²) in [6, 6.07) is 7.00. The van der Waals surface area contributed by atoms with Crippen LogP contribution in [0.2, 0.25) is 0 Å². The zero-order chi connectivity index (χ0) is 21.6. The van der Waals surface area contributed by atoms with Crippen molar-refractivity contribution in [2.75, 3.05) is 28.4 Å². The summed E-state index contributed by atoms with van der Waals surface area (Å²) in [7, 11) is 5.14. The minimum absolute atomic E-state index is 0.0346. The second-order valence-corrected chi connectivity index (χ2v) is 5.29. The van der Waals surface area contributed by atoms with Crippen molar-refractivity contribution in [3.63, 3.8) is 0 Å². The van der Waals surface area contributed by atoms with Crippen LogP contribution >= 0.6 is 0 Å². The molecule has 1 N–H and O–H groups in total. The van der Waals surface area contributed by atoms with Crippen LogP contribution in [-0.2, 0) is 0 Å². The summed E-state index contributed by atoms with van der Waals surface area (Å²) in [6.07, 6.45) is -1.17. The van der Waals surface area contributed by atoms with Crippen LogP contribution in [0.25, 0.3) is 0 Å². The van der Waals surface area contributed by atoms with E-state index in [1.165, 1.54) is 39.5 Å². The molecule has 0 unspecified atom stereocenters. The average Bonchev–Trinajstić information content (AvgIpc) is 2.72. The van der Waals surface area contributed by atoms with E-state index in [4.69, 9.17) is 23.7 Å². The molecule has 0 radical (unpaired) electrons. The lowest BCUT2D eigenvalue weighted by Crippen LogP contribution is -2.33. The molecule has 0 aliphatic rings. The fraction of sp³-hybridized carbons (Fsp3) is 0.222. The summed E-state index contributed by atoms with van der Waals surface area (Å²) in [5.74, 6) is -1.10. The molecule has 2 aromatic rings. The number of carbonyl (C=O) groups is 2. The number of imide groups is 1. The van der Waals surface area contributed by atoms with Crippen LogP contribution in [0.15, 0.2) is 30.3 Å². The largest absolute Gasteiger partial charge is 0.496 e. The Kier molecular flexibility index (Phi) is 6.80. The molecule has 0 atom stereocenters. The number of benzene rings is 2. The maximum absolute atomic E-state index is 12.6. The van der Waals surface area contributed by atoms with Crippen LogP contribution < -0.4 is 29.0 Å². The highest BCUT2D eigenvalue weighted by Crippen LogP contribution is 2.38. The van der Waals surface area contributed by atoms with Gasteiger partial charge < -0.3 is 23.7 Å². The summed E-state index contributed by atoms with van der Waals surface area (Å²) in [5, 5.41) is 13.2. The van der Waals surface area contributed by atoms with Gasteiger partial charge in [0.25, 0.3) is 5.91 Å². The molecule has 2 rings (SSSR count). The van der Waals surface area contributed by atoms with Crippen LogP contribution in [-0.4, -0.2) is 45.4 Å². The third-order valence-electron chi connectivity index (χ3n) is 3.74. The molecule has 0 aliphatic carbocycles. The molecular weight excluding hydrogens is 388 g/mol. The van der Waals surface area contributed by atoms with Gasteiger partial charge in [-0.1, -0.05) is 6.07 Å². The third kappa shape index (κ3) is 4.46. The molecule has 0 saturated carbocycles. The van der Waals surface area contributed by atoms with Crippen molar-refractivity contribution >= 4 is 17.7 Å². The summed E-state index contributed by atoms with van der Waals surface area (Å²) < 4.78 is 25.4. The minimum Gasteiger partial charge on any atom is -0.496 e. The maximum Gasteiger partial charge on any atom is 0.419 e. The Hall–Kier alpha value is -4.02. The quantitative estimate of drug-likeness (QED) is 0.543. The number of amides is 2. The van der Waals surface area contributed by atoms with Crippen LogP contribution in [0, 0.1) is 10.1 Å². The predicted molar refractivity (Wildman–Crippen MR) is 99.2 cm³/mol. The molecule has 0 fully saturated rings. The fourth-order valence-electron chi connectivity index (χ4n) is 2.48. The summed E-state index contributed by atoms with van der Waals surface area (Å²) in [5.41, 5.74) is -0.814. The Labute approximate surface area is 165 Å². The fourth-order valence-corrected chi connectivity index (χ4v) is 2.48. The van der Waals surface area contributed by atoms with E-state index < -0.39 is 22.6 Å². The zero-order valence-electron chi connectivity index (χ0n) is 16.0. The molecule has 0 heterocycles. The maximum atomic E-state index is 12.6. The minimum atomic E-state index is -1.17. The number of nitrogens with zero attached hydrogens (tertiary/aromatic N) is 1. The van der Waals surface area contributed by atoms with E-state index in [1.807, 2.05) is 5.32 Å². The van der Waals surface area contributed by atoms with Crippen molar-refractivity contribution in [1.82, 2.24) is 5.32 Å². The number of rotatable bonds is 7. The number of ether oxygens (including phenoxy) is 5. The molecule has 0 bridgehead atoms. The number of para-hydroxylation sites is 1. The molecule has 2 amide bonds. The van der Waals surface area contributed by atoms with Gasteiger partial charge in [-0.25, -0.2) is 4.79 Å². The van der Waals surface area contributed by atoms with Crippen molar-refractivity contribution in [2.45, 2.75) is 0 Å². The predicted octanol–water partition coefficient (Wildman–Crippen LogP) is 2.56. The first-order valence-corrected chi connectivity index (χ1v) is 8.01. The molecular formula is C18H18N2O9. The number of hydrogen-bond donors (Lipinski definition) is 1. The number of hydrogen-bond acceptors (Lipinski definition) is 9. The van der Waals surface area contributed by atoms with E-state index in [-0.39, 0.29) is 34.3 Å². The SMILES string of the molecule is COc1cccc(OC)c1OC(=O)NC(=O)c1c(OC)ccc([N+](=O)[O-])c1OC. The lowest BCUT2D eigenvalue weighted by atomic mass is 10.1. The van der Waals surface area contributed by atoms with E-state index >= 15 is 0 Å². The van der Waals surface area contributed by atoms with Gasteiger partial charge in [-0.2, -0.15) is 0 Å². The number of nitro groups is 1. The molecule has 11 heteroatoms. The molecule has 0 aromatic heterocycles. The standard InChI is InChI=1S/C18H18N2O9/c1-25-11-9-8-10(20(23)24)15(28-4)14(11)17(21)19-18(22)29-16-12(26-2)6-5-7-13(16)27-3/h5-9H,1-4H3,(H,19,21,22). The number of nitro benzene ring substituents is 1. The highest BCUT2D eigenvalue weighted by molar-refractivity contribution is 6.07. The molecule has 0 saturated heterocycles. The van der Waals surface area contributed by atoms with Crippen molar-refractivity contribution in [1.29, 1.82) is 0 Å². The Morgan fingerprint density at radius 1 is 0.862 bits per heavy atom. The number of methoxy groups -OCH3 is 4. The normalized spacial score (nSPS) is 9.93. The van der Waals surface area contributed by atoms with E-state index in [0.29, 0.717) is 0 Å². The molecule has 0 aliphatic heterocycles. The van der Waals surface area contributed by atoms with Gasteiger partial charge >= 0.3 is 11.8 Å². The van der Waals surface area contributed by atoms with Gasteiger partial charge in [-0.15, -0.1) is 0 Å². The summed E-state index contributed by atoms with van der Waals surface area (Å²) in [4.78, 5) is 35.4. The molecule has 0 spiro atoms. The topological polar surface area (TPSA) is 135 Å². The van der Waals surface area contributed by atoms with Gasteiger partial charge in [0.1, 0.15) is 11.3 Å². The lowest BCUT2D eigenvalue weighted by Gasteiger charge is -2.14. The Morgan fingerprint density at radius 3 is 1.93 bits per heavy atom. The highest BCUT2D eigenvalue weighted by Gasteiger charge is 2.29. The third-order valence-corrected chi connectivity index (χ3v) is 3.74. The summed E-state index contributed by atoms with van der Waals surface area (Å²) in [6.45, 7) is 0. The van der Waals surface area contributed by atoms with Crippen molar-refractivity contribution in [3.05, 3.63) is 46.0 Å². The van der Waals surface area contributed by atoms with Crippen LogP contribution in [0.3, 0.4) is 0 Å². The van der Waals surface area contributed by atoms with Gasteiger partial charge in [-0.05, 0) is 18.2 Å². The van der Waals surface area contributed by atoms with Gasteiger partial charge in [0.2, 0.25) is 11.5 Å². The second-order valence-electron chi connectivity index (χ2n) is 5.29. The van der Waals surface area contributed by atoms with Crippen LogP contribution in [0.1, 0.15) is 10.4 Å². The average molecular weight is 406 g/mol. The smallest absolute Gasteiger partial charge is 0.419 e. The zero-order valence-corrected chi connectivity index (χ0v) is 16.0. The van der Waals surface area contributed by atoms with Gasteiger partial charge in [0.15, 0.2) is 11.5 Å². The van der Waals surface area contributed by atoms with Crippen molar-refractivity contribution in [2.24, 2.45) is 0 Å². The second kappa shape index (κ2) is 9.26. The number of nitrogens with one attached hydrogen (secondary N) is 1. The molecule has 11 nitrogen and oxygen atoms in total.